The Bertz CT molecular complexity index is 292. The van der Waals surface area contributed by atoms with E-state index in [1.165, 1.54) is 38.5 Å². The normalized spacial score (nSPS) is 37.9. The van der Waals surface area contributed by atoms with Crippen LogP contribution in [-0.4, -0.2) is 12.6 Å². The van der Waals surface area contributed by atoms with E-state index in [2.05, 4.69) is 19.2 Å². The summed E-state index contributed by atoms with van der Waals surface area (Å²) in [5.41, 5.74) is 0.651. The summed E-state index contributed by atoms with van der Waals surface area (Å²) in [6.45, 7) is 5.90. The van der Waals surface area contributed by atoms with Crippen LogP contribution >= 0.6 is 0 Å². The van der Waals surface area contributed by atoms with Crippen molar-refractivity contribution < 1.29 is 0 Å². The highest BCUT2D eigenvalue weighted by molar-refractivity contribution is 4.98. The van der Waals surface area contributed by atoms with Gasteiger partial charge in [0.1, 0.15) is 0 Å². The standard InChI is InChI=1S/C18H33N/c1-3-18(9-5-6-10-18)17(19-4-2)13-16-12-14-7-8-15(16)11-14/h14-17,19H,3-13H2,1-2H3. The maximum atomic E-state index is 3.90. The van der Waals surface area contributed by atoms with E-state index < -0.39 is 0 Å². The topological polar surface area (TPSA) is 12.0 Å². The van der Waals surface area contributed by atoms with Gasteiger partial charge in [-0.25, -0.2) is 0 Å². The Labute approximate surface area is 119 Å². The summed E-state index contributed by atoms with van der Waals surface area (Å²) < 4.78 is 0. The van der Waals surface area contributed by atoms with Gasteiger partial charge in [0, 0.05) is 6.04 Å². The summed E-state index contributed by atoms with van der Waals surface area (Å²) in [5.74, 6) is 3.27. The van der Waals surface area contributed by atoms with Crippen LogP contribution in [-0.2, 0) is 0 Å². The third kappa shape index (κ3) is 2.60. The summed E-state index contributed by atoms with van der Waals surface area (Å²) in [7, 11) is 0. The van der Waals surface area contributed by atoms with Crippen molar-refractivity contribution in [3.63, 3.8) is 0 Å². The molecule has 0 aliphatic heterocycles. The second-order valence-electron chi connectivity index (χ2n) is 7.70. The highest BCUT2D eigenvalue weighted by Crippen LogP contribution is 2.53. The third-order valence-electron chi connectivity index (χ3n) is 6.92. The Hall–Kier alpha value is -0.0400. The van der Waals surface area contributed by atoms with Gasteiger partial charge in [-0.05, 0) is 74.7 Å². The van der Waals surface area contributed by atoms with E-state index in [1.54, 1.807) is 25.7 Å². The lowest BCUT2D eigenvalue weighted by Crippen LogP contribution is -2.45. The van der Waals surface area contributed by atoms with Gasteiger partial charge >= 0.3 is 0 Å². The van der Waals surface area contributed by atoms with E-state index >= 15 is 0 Å². The molecule has 0 heterocycles. The van der Waals surface area contributed by atoms with Gasteiger partial charge in [0.2, 0.25) is 0 Å². The Morgan fingerprint density at radius 2 is 1.89 bits per heavy atom. The van der Waals surface area contributed by atoms with E-state index in [-0.39, 0.29) is 0 Å². The van der Waals surface area contributed by atoms with Crippen LogP contribution < -0.4 is 5.32 Å². The average molecular weight is 263 g/mol. The molecule has 1 heteroatoms. The van der Waals surface area contributed by atoms with Crippen LogP contribution in [0.2, 0.25) is 0 Å². The van der Waals surface area contributed by atoms with Crippen LogP contribution in [0, 0.1) is 23.2 Å². The Kier molecular flexibility index (Phi) is 4.22. The minimum Gasteiger partial charge on any atom is -0.314 e. The van der Waals surface area contributed by atoms with Crippen molar-refractivity contribution in [1.29, 1.82) is 0 Å². The molecule has 0 amide bonds. The minimum absolute atomic E-state index is 0.651. The number of fused-ring (bicyclic) bond motifs is 2. The quantitative estimate of drug-likeness (QED) is 0.728. The minimum atomic E-state index is 0.651. The Morgan fingerprint density at radius 1 is 1.11 bits per heavy atom. The van der Waals surface area contributed by atoms with Crippen molar-refractivity contribution in [1.82, 2.24) is 5.32 Å². The lowest BCUT2D eigenvalue weighted by molar-refractivity contribution is 0.143. The fourth-order valence-corrected chi connectivity index (χ4v) is 5.79. The largest absolute Gasteiger partial charge is 0.314 e. The monoisotopic (exact) mass is 263 g/mol. The molecule has 19 heavy (non-hydrogen) atoms. The first-order valence-corrected chi connectivity index (χ1v) is 9.01. The van der Waals surface area contributed by atoms with Gasteiger partial charge in [-0.2, -0.15) is 0 Å². The molecule has 0 aromatic heterocycles. The smallest absolute Gasteiger partial charge is 0.0126 e. The third-order valence-corrected chi connectivity index (χ3v) is 6.92. The molecule has 3 aliphatic rings. The summed E-state index contributed by atoms with van der Waals surface area (Å²) in [4.78, 5) is 0. The molecule has 0 aromatic rings. The van der Waals surface area contributed by atoms with Gasteiger partial charge in [-0.1, -0.05) is 33.1 Å². The first-order valence-electron chi connectivity index (χ1n) is 9.01. The maximum Gasteiger partial charge on any atom is 0.0126 e. The molecule has 0 aromatic carbocycles. The molecule has 1 nitrogen and oxygen atoms in total. The number of hydrogen-bond acceptors (Lipinski definition) is 1. The molecule has 3 fully saturated rings. The Morgan fingerprint density at radius 3 is 2.42 bits per heavy atom. The van der Waals surface area contributed by atoms with Gasteiger partial charge < -0.3 is 5.32 Å². The van der Waals surface area contributed by atoms with Crippen molar-refractivity contribution in [2.45, 2.75) is 84.1 Å². The second kappa shape index (κ2) is 5.76. The second-order valence-corrected chi connectivity index (χ2v) is 7.70. The van der Waals surface area contributed by atoms with Crippen LogP contribution in [0.3, 0.4) is 0 Å². The van der Waals surface area contributed by atoms with Gasteiger partial charge in [0.25, 0.3) is 0 Å². The zero-order valence-electron chi connectivity index (χ0n) is 13.1. The van der Waals surface area contributed by atoms with Crippen LogP contribution in [0.1, 0.15) is 78.1 Å². The average Bonchev–Trinajstić information content (AvgIpc) is 3.15. The Balaban J connectivity index is 1.66. The van der Waals surface area contributed by atoms with Crippen molar-refractivity contribution in [2.75, 3.05) is 6.54 Å². The molecule has 0 spiro atoms. The maximum absolute atomic E-state index is 3.90. The molecule has 0 saturated heterocycles. The van der Waals surface area contributed by atoms with Gasteiger partial charge in [0.05, 0.1) is 0 Å². The summed E-state index contributed by atoms with van der Waals surface area (Å²) >= 11 is 0. The predicted octanol–water partition coefficient (Wildman–Crippen LogP) is 4.76. The molecular formula is C18H33N. The lowest BCUT2D eigenvalue weighted by atomic mass is 9.71. The zero-order valence-corrected chi connectivity index (χ0v) is 13.1. The van der Waals surface area contributed by atoms with Gasteiger partial charge in [0.15, 0.2) is 0 Å². The number of rotatable bonds is 6. The molecular weight excluding hydrogens is 230 g/mol. The zero-order chi connectivity index (χ0) is 13.3. The van der Waals surface area contributed by atoms with Gasteiger partial charge in [-0.15, -0.1) is 0 Å². The van der Waals surface area contributed by atoms with Gasteiger partial charge in [-0.3, -0.25) is 0 Å². The molecule has 4 unspecified atom stereocenters. The first kappa shape index (κ1) is 13.9. The molecule has 110 valence electrons. The molecule has 3 saturated carbocycles. The van der Waals surface area contributed by atoms with Crippen LogP contribution in [0.15, 0.2) is 0 Å². The van der Waals surface area contributed by atoms with E-state index in [0.717, 1.165) is 30.3 Å². The van der Waals surface area contributed by atoms with E-state index in [4.69, 9.17) is 0 Å². The molecule has 2 bridgehead atoms. The molecule has 0 radical (unpaired) electrons. The van der Waals surface area contributed by atoms with E-state index in [9.17, 15) is 0 Å². The lowest BCUT2D eigenvalue weighted by Gasteiger charge is -2.40. The molecule has 3 rings (SSSR count). The highest BCUT2D eigenvalue weighted by atomic mass is 14.9. The SMILES string of the molecule is CCNC(CC1CC2CCC1C2)C1(CC)CCCC1. The van der Waals surface area contributed by atoms with Crippen molar-refractivity contribution in [2.24, 2.45) is 23.2 Å². The van der Waals surface area contributed by atoms with Crippen LogP contribution in [0.5, 0.6) is 0 Å². The van der Waals surface area contributed by atoms with Crippen molar-refractivity contribution in [3.05, 3.63) is 0 Å². The number of nitrogens with one attached hydrogen (secondary N) is 1. The van der Waals surface area contributed by atoms with Crippen LogP contribution in [0.25, 0.3) is 0 Å². The number of hydrogen-bond donors (Lipinski definition) is 1. The first-order chi connectivity index (χ1) is 9.27. The fourth-order valence-electron chi connectivity index (χ4n) is 5.79. The summed E-state index contributed by atoms with van der Waals surface area (Å²) in [5, 5.41) is 3.90. The molecule has 3 aliphatic carbocycles. The predicted molar refractivity (Wildman–Crippen MR) is 82.2 cm³/mol. The molecule has 4 atom stereocenters. The van der Waals surface area contributed by atoms with Crippen molar-refractivity contribution >= 4 is 0 Å². The van der Waals surface area contributed by atoms with Crippen LogP contribution in [0.4, 0.5) is 0 Å². The summed E-state index contributed by atoms with van der Waals surface area (Å²) in [6.07, 6.45) is 15.0. The van der Waals surface area contributed by atoms with Crippen molar-refractivity contribution in [3.8, 4) is 0 Å². The van der Waals surface area contributed by atoms with E-state index in [1.807, 2.05) is 0 Å². The molecule has 1 N–H and O–H groups in total. The van der Waals surface area contributed by atoms with E-state index in [0.29, 0.717) is 5.41 Å². The summed E-state index contributed by atoms with van der Waals surface area (Å²) in [6, 6.07) is 0.814. The fraction of sp³-hybridized carbons (Fsp3) is 1.00. The highest BCUT2D eigenvalue weighted by Gasteiger charge is 2.45.